The smallest absolute Gasteiger partial charge is 0.232 e. The normalized spacial score (nSPS) is 18.6. The Hall–Kier alpha value is -1.65. The highest BCUT2D eigenvalue weighted by Gasteiger charge is 2.35. The van der Waals surface area contributed by atoms with Gasteiger partial charge in [-0.05, 0) is 26.9 Å². The van der Waals surface area contributed by atoms with Gasteiger partial charge in [-0.3, -0.25) is 25.0 Å². The van der Waals surface area contributed by atoms with Crippen molar-refractivity contribution < 1.29 is 19.7 Å². The molecular formula is C17H40N4O6. The summed E-state index contributed by atoms with van der Waals surface area (Å²) in [7, 11) is 4.89. The topological polar surface area (TPSA) is 130 Å². The van der Waals surface area contributed by atoms with Crippen molar-refractivity contribution in [2.45, 2.75) is 53.6 Å². The summed E-state index contributed by atoms with van der Waals surface area (Å²) < 4.78 is 0. The fraction of sp³-hybridized carbons (Fsp3) is 0.941. The zero-order valence-corrected chi connectivity index (χ0v) is 14.6. The number of nitro groups is 2. The number of rotatable bonds is 2. The molecule has 0 aliphatic carbocycles. The molecule has 10 heteroatoms. The van der Waals surface area contributed by atoms with Gasteiger partial charge in [-0.25, -0.2) is 0 Å². The predicted octanol–water partition coefficient (Wildman–Crippen LogP) is 1.80. The van der Waals surface area contributed by atoms with E-state index in [4.69, 9.17) is 10.1 Å². The number of carbonyl (C=O) groups is 1. The Balaban J connectivity index is -0.000000155. The second-order valence-corrected chi connectivity index (χ2v) is 6.30. The van der Waals surface area contributed by atoms with E-state index >= 15 is 0 Å². The van der Waals surface area contributed by atoms with Crippen LogP contribution in [0.5, 0.6) is 0 Å². The highest BCUT2D eigenvalue weighted by Crippen LogP contribution is 2.21. The van der Waals surface area contributed by atoms with Crippen LogP contribution in [-0.2, 0) is 4.79 Å². The fourth-order valence-electron chi connectivity index (χ4n) is 2.30. The Morgan fingerprint density at radius 2 is 1.30 bits per heavy atom. The molecule has 0 aromatic rings. The predicted molar refractivity (Wildman–Crippen MR) is 108 cm³/mol. The number of piperidine rings is 2. The van der Waals surface area contributed by atoms with E-state index in [9.17, 15) is 20.0 Å². The average Bonchev–Trinajstić information content (AvgIpc) is 2.45. The molecule has 0 aromatic carbocycles. The summed E-state index contributed by atoms with van der Waals surface area (Å²) in [6.07, 6.45) is 2.53. The molecule has 0 unspecified atom stereocenters. The second-order valence-electron chi connectivity index (χ2n) is 6.30. The zero-order valence-electron chi connectivity index (χ0n) is 14.6. The number of aliphatic hydroxyl groups is 1. The molecule has 164 valence electrons. The average molecular weight is 397 g/mol. The highest BCUT2D eigenvalue weighted by atomic mass is 16.6. The summed E-state index contributed by atoms with van der Waals surface area (Å²) in [6.45, 7) is 3.08. The molecule has 2 saturated heterocycles. The molecule has 2 fully saturated rings. The number of likely N-dealkylation sites (tertiary alicyclic amines) is 2. The van der Waals surface area contributed by atoms with Gasteiger partial charge < -0.3 is 14.9 Å². The van der Waals surface area contributed by atoms with E-state index in [0.29, 0.717) is 18.6 Å². The van der Waals surface area contributed by atoms with E-state index in [-0.39, 0.29) is 28.8 Å². The molecule has 1 N–H and O–H groups in total. The van der Waals surface area contributed by atoms with Crippen LogP contribution in [0.25, 0.3) is 0 Å². The fourth-order valence-corrected chi connectivity index (χ4v) is 2.30. The lowest BCUT2D eigenvalue weighted by Gasteiger charge is -2.33. The second kappa shape index (κ2) is 16.5. The first kappa shape index (κ1) is 33.0. The van der Waals surface area contributed by atoms with Crippen molar-refractivity contribution in [2.75, 3.05) is 53.9 Å². The maximum absolute atomic E-state index is 10.6. The Labute approximate surface area is 163 Å². The minimum atomic E-state index is -1.06. The van der Waals surface area contributed by atoms with Crippen molar-refractivity contribution >= 4 is 5.78 Å². The molecule has 2 heterocycles. The SMILES string of the molecule is C.C.C.CN1CCC(=O)CC1.CN1CCC(O)(C[N+](=O)[O-])CC1.C[N+](=O)[O-]. The number of carbonyl (C=O) groups excluding carboxylic acids is 1. The Bertz CT molecular complexity index is 412. The molecule has 0 amide bonds. The van der Waals surface area contributed by atoms with Crippen LogP contribution in [0.1, 0.15) is 48.0 Å². The lowest BCUT2D eigenvalue weighted by Crippen LogP contribution is -2.47. The molecule has 0 radical (unpaired) electrons. The van der Waals surface area contributed by atoms with Crippen molar-refractivity contribution in [2.24, 2.45) is 0 Å². The monoisotopic (exact) mass is 396 g/mol. The van der Waals surface area contributed by atoms with Crippen LogP contribution in [0.4, 0.5) is 0 Å². The van der Waals surface area contributed by atoms with E-state index in [1.807, 2.05) is 14.1 Å². The van der Waals surface area contributed by atoms with Gasteiger partial charge in [0, 0.05) is 48.9 Å². The van der Waals surface area contributed by atoms with Gasteiger partial charge >= 0.3 is 0 Å². The summed E-state index contributed by atoms with van der Waals surface area (Å²) in [6, 6.07) is 0. The maximum atomic E-state index is 10.6. The van der Waals surface area contributed by atoms with Crippen molar-refractivity contribution in [3.05, 3.63) is 20.2 Å². The first-order valence-electron chi connectivity index (χ1n) is 7.85. The molecule has 0 saturated carbocycles. The Morgan fingerprint density at radius 1 is 0.963 bits per heavy atom. The number of nitrogens with zero attached hydrogens (tertiary/aromatic N) is 4. The zero-order chi connectivity index (χ0) is 18.8. The molecule has 2 aliphatic rings. The van der Waals surface area contributed by atoms with E-state index in [0.717, 1.165) is 46.1 Å². The standard InChI is InChI=1S/C7H14N2O3.C6H11NO.CH3NO2.3CH4/c1-8-4-2-7(10,3-5-8)6-9(11)12;1-7-4-2-6(8)3-5-7;1-2(3)4;;;/h10H,2-6H2,1H3;2-5H2,1H3;1H3;3*1H4. The summed E-state index contributed by atoms with van der Waals surface area (Å²) in [4.78, 5) is 32.9. The van der Waals surface area contributed by atoms with Gasteiger partial charge in [0.05, 0.1) is 0 Å². The van der Waals surface area contributed by atoms with Crippen LogP contribution in [0, 0.1) is 20.2 Å². The lowest BCUT2D eigenvalue weighted by atomic mass is 9.92. The number of hydrogen-bond donors (Lipinski definition) is 1. The van der Waals surface area contributed by atoms with Gasteiger partial charge in [0.1, 0.15) is 11.4 Å². The molecule has 27 heavy (non-hydrogen) atoms. The van der Waals surface area contributed by atoms with Gasteiger partial charge in [0.15, 0.2) is 7.05 Å². The van der Waals surface area contributed by atoms with Crippen molar-refractivity contribution in [1.29, 1.82) is 0 Å². The first-order valence-corrected chi connectivity index (χ1v) is 7.85. The van der Waals surface area contributed by atoms with Crippen LogP contribution in [0.3, 0.4) is 0 Å². The molecule has 0 atom stereocenters. The minimum Gasteiger partial charge on any atom is -0.383 e. The summed E-state index contributed by atoms with van der Waals surface area (Å²) in [5.41, 5.74) is -1.06. The van der Waals surface area contributed by atoms with Crippen molar-refractivity contribution in [3.8, 4) is 0 Å². The largest absolute Gasteiger partial charge is 0.383 e. The third-order valence-corrected chi connectivity index (χ3v) is 3.89. The van der Waals surface area contributed by atoms with E-state index in [1.54, 1.807) is 0 Å². The number of Topliss-reactive ketones (excluding diaryl/α,β-unsaturated/α-hetero) is 1. The van der Waals surface area contributed by atoms with Crippen LogP contribution in [0.15, 0.2) is 0 Å². The van der Waals surface area contributed by atoms with Gasteiger partial charge in [-0.15, -0.1) is 0 Å². The Morgan fingerprint density at radius 3 is 1.59 bits per heavy atom. The summed E-state index contributed by atoms with van der Waals surface area (Å²) >= 11 is 0. The van der Waals surface area contributed by atoms with E-state index in [2.05, 4.69) is 9.80 Å². The first-order chi connectivity index (χ1) is 11.0. The molecule has 0 bridgehead atoms. The Kier molecular flexibility index (Phi) is 20.2. The summed E-state index contributed by atoms with van der Waals surface area (Å²) in [5.74, 6) is 0.420. The molecule has 2 rings (SSSR count). The molecule has 0 spiro atoms. The number of ketones is 1. The lowest BCUT2D eigenvalue weighted by molar-refractivity contribution is -0.502. The van der Waals surface area contributed by atoms with Crippen LogP contribution >= 0.6 is 0 Å². The van der Waals surface area contributed by atoms with Gasteiger partial charge in [0.2, 0.25) is 6.54 Å². The quantitative estimate of drug-likeness (QED) is 0.552. The summed E-state index contributed by atoms with van der Waals surface area (Å²) in [5, 5.41) is 28.7. The van der Waals surface area contributed by atoms with Gasteiger partial charge in [-0.2, -0.15) is 0 Å². The molecule has 2 aliphatic heterocycles. The maximum Gasteiger partial charge on any atom is 0.232 e. The van der Waals surface area contributed by atoms with Crippen LogP contribution in [0.2, 0.25) is 0 Å². The van der Waals surface area contributed by atoms with Crippen molar-refractivity contribution in [1.82, 2.24) is 9.80 Å². The third-order valence-electron chi connectivity index (χ3n) is 3.89. The number of hydrogen-bond acceptors (Lipinski definition) is 8. The van der Waals surface area contributed by atoms with Gasteiger partial charge in [-0.1, -0.05) is 22.3 Å². The molecule has 0 aromatic heterocycles. The van der Waals surface area contributed by atoms with E-state index < -0.39 is 15.4 Å². The minimum absolute atomic E-state index is 0. The highest BCUT2D eigenvalue weighted by molar-refractivity contribution is 5.79. The van der Waals surface area contributed by atoms with Crippen LogP contribution in [-0.4, -0.2) is 90.0 Å². The molecular weight excluding hydrogens is 356 g/mol. The van der Waals surface area contributed by atoms with E-state index in [1.165, 1.54) is 0 Å². The van der Waals surface area contributed by atoms with Crippen LogP contribution < -0.4 is 0 Å². The molecule has 10 nitrogen and oxygen atoms in total. The van der Waals surface area contributed by atoms with Gasteiger partial charge in [0.25, 0.3) is 0 Å². The van der Waals surface area contributed by atoms with Crippen molar-refractivity contribution in [3.63, 3.8) is 0 Å². The third kappa shape index (κ3) is 18.9.